The Labute approximate surface area is 205 Å². The zero-order valence-corrected chi connectivity index (χ0v) is 22.5. The van der Waals surface area contributed by atoms with Gasteiger partial charge >= 0.3 is 0 Å². The summed E-state index contributed by atoms with van der Waals surface area (Å²) < 4.78 is 2.76. The highest BCUT2D eigenvalue weighted by atomic mass is 127. The van der Waals surface area contributed by atoms with Crippen molar-refractivity contribution in [2.45, 2.75) is 96.3 Å². The summed E-state index contributed by atoms with van der Waals surface area (Å²) in [6.45, 7) is 4.62. The van der Waals surface area contributed by atoms with Gasteiger partial charge in [-0.25, -0.2) is 0 Å². The van der Waals surface area contributed by atoms with E-state index in [2.05, 4.69) is 95.4 Å². The lowest BCUT2D eigenvalue weighted by atomic mass is 9.70. The highest BCUT2D eigenvalue weighted by molar-refractivity contribution is 14.1. The largest absolute Gasteiger partial charge is 0.0654 e. The van der Waals surface area contributed by atoms with Gasteiger partial charge in [0.1, 0.15) is 0 Å². The van der Waals surface area contributed by atoms with Crippen molar-refractivity contribution in [1.29, 1.82) is 0 Å². The van der Waals surface area contributed by atoms with Crippen molar-refractivity contribution in [3.05, 3.63) is 54.7 Å². The molecule has 0 amide bonds. The van der Waals surface area contributed by atoms with Crippen LogP contribution in [-0.2, 0) is 5.41 Å². The van der Waals surface area contributed by atoms with Gasteiger partial charge in [-0.2, -0.15) is 0 Å². The fourth-order valence-electron chi connectivity index (χ4n) is 5.16. The number of rotatable bonds is 12. The van der Waals surface area contributed by atoms with E-state index in [-0.39, 0.29) is 5.41 Å². The summed E-state index contributed by atoms with van der Waals surface area (Å²) in [5.41, 5.74) is 6.46. The van der Waals surface area contributed by atoms with Crippen LogP contribution < -0.4 is 0 Å². The molecule has 1 aliphatic rings. The van der Waals surface area contributed by atoms with Crippen LogP contribution in [0, 0.1) is 7.14 Å². The zero-order chi connectivity index (χ0) is 20.7. The molecule has 0 saturated heterocycles. The molecular weight excluding hydrogens is 578 g/mol. The van der Waals surface area contributed by atoms with Gasteiger partial charge in [0.25, 0.3) is 0 Å². The first-order chi connectivity index (χ1) is 14.1. The normalized spacial score (nSPS) is 14.1. The van der Waals surface area contributed by atoms with E-state index < -0.39 is 0 Å². The molecule has 2 aromatic rings. The zero-order valence-electron chi connectivity index (χ0n) is 18.2. The van der Waals surface area contributed by atoms with Crippen molar-refractivity contribution in [3.63, 3.8) is 0 Å². The van der Waals surface area contributed by atoms with Crippen LogP contribution in [0.4, 0.5) is 0 Å². The van der Waals surface area contributed by atoms with Crippen molar-refractivity contribution in [1.82, 2.24) is 0 Å². The average molecular weight is 614 g/mol. The SMILES string of the molecule is CCCCCCCC1(CCCCCCC)c2cc(I)ccc2-c2ccc(I)cc21. The maximum Gasteiger partial charge on any atom is 0.0216 e. The molecule has 1 aliphatic carbocycles. The van der Waals surface area contributed by atoms with Crippen LogP contribution in [0.15, 0.2) is 36.4 Å². The molecule has 0 bridgehead atoms. The molecule has 0 aromatic heterocycles. The van der Waals surface area contributed by atoms with E-state index in [1.807, 2.05) is 0 Å². The summed E-state index contributed by atoms with van der Waals surface area (Å²) in [5, 5.41) is 0. The Hall–Kier alpha value is -0.100. The van der Waals surface area contributed by atoms with Gasteiger partial charge in [-0.3, -0.25) is 0 Å². The van der Waals surface area contributed by atoms with E-state index in [0.717, 1.165) is 0 Å². The number of halogens is 2. The molecule has 2 aromatic carbocycles. The monoisotopic (exact) mass is 614 g/mol. The molecule has 0 nitrogen and oxygen atoms in total. The lowest BCUT2D eigenvalue weighted by molar-refractivity contribution is 0.398. The van der Waals surface area contributed by atoms with Crippen LogP contribution >= 0.6 is 45.2 Å². The van der Waals surface area contributed by atoms with Crippen LogP contribution in [0.1, 0.15) is 102 Å². The minimum Gasteiger partial charge on any atom is -0.0654 e. The van der Waals surface area contributed by atoms with E-state index >= 15 is 0 Å². The molecule has 0 N–H and O–H groups in total. The summed E-state index contributed by atoms with van der Waals surface area (Å²) >= 11 is 5.01. The third kappa shape index (κ3) is 5.58. The summed E-state index contributed by atoms with van der Waals surface area (Å²) in [6, 6.07) is 14.4. The number of benzene rings is 2. The summed E-state index contributed by atoms with van der Waals surface area (Å²) in [4.78, 5) is 0. The molecule has 0 unspecified atom stereocenters. The minimum atomic E-state index is 0.228. The van der Waals surface area contributed by atoms with E-state index in [0.29, 0.717) is 0 Å². The maximum atomic E-state index is 2.51. The molecule has 0 fully saturated rings. The molecule has 0 radical (unpaired) electrons. The van der Waals surface area contributed by atoms with Crippen molar-refractivity contribution in [2.24, 2.45) is 0 Å². The predicted molar refractivity (Wildman–Crippen MR) is 145 cm³/mol. The van der Waals surface area contributed by atoms with Crippen LogP contribution in [-0.4, -0.2) is 0 Å². The molecular formula is C27H36I2. The van der Waals surface area contributed by atoms with Gasteiger partial charge in [0.15, 0.2) is 0 Å². The third-order valence-electron chi connectivity index (χ3n) is 6.70. The second-order valence-corrected chi connectivity index (χ2v) is 11.3. The van der Waals surface area contributed by atoms with Crippen LogP contribution in [0.2, 0.25) is 0 Å². The molecule has 0 spiro atoms. The quantitative estimate of drug-likeness (QED) is 0.165. The van der Waals surface area contributed by atoms with Crippen LogP contribution in [0.25, 0.3) is 11.1 Å². The van der Waals surface area contributed by atoms with Crippen molar-refractivity contribution in [2.75, 3.05) is 0 Å². The second kappa shape index (κ2) is 11.5. The fraction of sp³-hybridized carbons (Fsp3) is 0.556. The number of unbranched alkanes of at least 4 members (excludes halogenated alkanes) is 8. The Morgan fingerprint density at radius 3 is 1.41 bits per heavy atom. The van der Waals surface area contributed by atoms with Crippen LogP contribution in [0.3, 0.4) is 0 Å². The molecule has 3 rings (SSSR count). The van der Waals surface area contributed by atoms with Gasteiger partial charge in [0.2, 0.25) is 0 Å². The second-order valence-electron chi connectivity index (χ2n) is 8.79. The van der Waals surface area contributed by atoms with Crippen molar-refractivity contribution < 1.29 is 0 Å². The first kappa shape index (κ1) is 23.6. The highest BCUT2D eigenvalue weighted by Crippen LogP contribution is 2.54. The van der Waals surface area contributed by atoms with E-state index in [4.69, 9.17) is 0 Å². The first-order valence-electron chi connectivity index (χ1n) is 11.7. The third-order valence-corrected chi connectivity index (χ3v) is 8.04. The number of fused-ring (bicyclic) bond motifs is 3. The molecule has 158 valence electrons. The Bertz CT molecular complexity index is 726. The van der Waals surface area contributed by atoms with E-state index in [1.165, 1.54) is 95.3 Å². The standard InChI is InChI=1S/C27H36I2/c1-3-5-7-9-11-17-27(18-12-10-8-6-4-2)25-19-21(28)13-15-23(25)24-16-14-22(29)20-26(24)27/h13-16,19-20H,3-12,17-18H2,1-2H3. The topological polar surface area (TPSA) is 0 Å². The van der Waals surface area contributed by atoms with Gasteiger partial charge < -0.3 is 0 Å². The average Bonchev–Trinajstić information content (AvgIpc) is 2.96. The predicted octanol–water partition coefficient (Wildman–Crippen LogP) is 9.88. The van der Waals surface area contributed by atoms with Gasteiger partial charge in [-0.05, 0) is 105 Å². The summed E-state index contributed by atoms with van der Waals surface area (Å²) in [7, 11) is 0. The van der Waals surface area contributed by atoms with E-state index in [9.17, 15) is 0 Å². The number of hydrogen-bond acceptors (Lipinski definition) is 0. The van der Waals surface area contributed by atoms with Crippen molar-refractivity contribution in [3.8, 4) is 11.1 Å². The van der Waals surface area contributed by atoms with E-state index in [1.54, 1.807) is 11.1 Å². The smallest absolute Gasteiger partial charge is 0.0216 e. The molecule has 29 heavy (non-hydrogen) atoms. The molecule has 0 aliphatic heterocycles. The molecule has 2 heteroatoms. The Kier molecular flexibility index (Phi) is 9.34. The lowest BCUT2D eigenvalue weighted by Gasteiger charge is -2.33. The fourth-order valence-corrected chi connectivity index (χ4v) is 6.15. The first-order valence-corrected chi connectivity index (χ1v) is 13.9. The Morgan fingerprint density at radius 1 is 0.586 bits per heavy atom. The van der Waals surface area contributed by atoms with Gasteiger partial charge in [0, 0.05) is 12.6 Å². The van der Waals surface area contributed by atoms with Crippen molar-refractivity contribution >= 4 is 45.2 Å². The molecule has 0 heterocycles. The van der Waals surface area contributed by atoms with Crippen LogP contribution in [0.5, 0.6) is 0 Å². The molecule has 0 saturated carbocycles. The summed E-state index contributed by atoms with van der Waals surface area (Å²) in [5.74, 6) is 0. The molecule has 0 atom stereocenters. The maximum absolute atomic E-state index is 2.51. The highest BCUT2D eigenvalue weighted by Gasteiger charge is 2.42. The lowest BCUT2D eigenvalue weighted by Crippen LogP contribution is -2.25. The Morgan fingerprint density at radius 2 is 1.00 bits per heavy atom. The Balaban J connectivity index is 1.93. The minimum absolute atomic E-state index is 0.228. The van der Waals surface area contributed by atoms with Gasteiger partial charge in [-0.15, -0.1) is 0 Å². The number of hydrogen-bond donors (Lipinski definition) is 0. The van der Waals surface area contributed by atoms with Gasteiger partial charge in [0.05, 0.1) is 0 Å². The summed E-state index contributed by atoms with van der Waals surface area (Å²) in [6.07, 6.45) is 16.3. The van der Waals surface area contributed by atoms with Gasteiger partial charge in [-0.1, -0.05) is 90.2 Å².